The number of aryl methyl sites for hydroxylation is 1. The minimum atomic E-state index is -4.22. The first-order chi connectivity index (χ1) is 9.17. The molecule has 0 unspecified atom stereocenters. The van der Waals surface area contributed by atoms with Gasteiger partial charge >= 0.3 is 13.3 Å². The Kier molecular flexibility index (Phi) is 3.99. The van der Waals surface area contributed by atoms with E-state index in [1.165, 1.54) is 22.6 Å². The molecule has 0 bridgehead atoms. The van der Waals surface area contributed by atoms with Crippen LogP contribution in [-0.4, -0.2) is 54.8 Å². The maximum atomic E-state index is 11.7. The molecule has 1 aromatic heterocycles. The lowest BCUT2D eigenvalue weighted by Gasteiger charge is -2.17. The van der Waals surface area contributed by atoms with E-state index in [4.69, 9.17) is 9.79 Å². The van der Waals surface area contributed by atoms with Crippen LogP contribution in [0, 0.1) is 6.92 Å². The lowest BCUT2D eigenvalue weighted by molar-refractivity contribution is 0.143. The van der Waals surface area contributed by atoms with Crippen LogP contribution in [0.25, 0.3) is 0 Å². The second-order valence-electron chi connectivity index (χ2n) is 4.96. The van der Waals surface area contributed by atoms with Crippen LogP contribution in [0.3, 0.4) is 0 Å². The average molecular weight is 305 g/mol. The molecule has 10 heteroatoms. The normalized spacial score (nSPS) is 24.2. The first-order valence-corrected chi connectivity index (χ1v) is 7.74. The number of nitrogens with zero attached hydrogens (tertiary/aromatic N) is 2. The zero-order chi connectivity index (χ0) is 15.1. The maximum absolute atomic E-state index is 11.7. The third-order valence-electron chi connectivity index (χ3n) is 3.22. The van der Waals surface area contributed by atoms with E-state index < -0.39 is 37.3 Å². The summed E-state index contributed by atoms with van der Waals surface area (Å²) in [5.74, 6) is 0. The SMILES string of the molecule is Cc1cn([C@@H]2CN(CP(=O)(O)O)C[C@@H]2O)c(=O)[nH]c1=O. The molecule has 2 rings (SSSR count). The summed E-state index contributed by atoms with van der Waals surface area (Å²) in [6.45, 7) is 1.71. The Labute approximate surface area is 113 Å². The van der Waals surface area contributed by atoms with Gasteiger partial charge in [-0.2, -0.15) is 0 Å². The van der Waals surface area contributed by atoms with Crippen molar-refractivity contribution >= 4 is 7.60 Å². The number of aromatic nitrogens is 2. The fourth-order valence-corrected chi connectivity index (χ4v) is 3.08. The molecule has 1 fully saturated rings. The number of rotatable bonds is 3. The van der Waals surface area contributed by atoms with Gasteiger partial charge in [-0.3, -0.25) is 23.8 Å². The molecule has 0 spiro atoms. The van der Waals surface area contributed by atoms with Gasteiger partial charge in [0.2, 0.25) is 0 Å². The Morgan fingerprint density at radius 2 is 2.05 bits per heavy atom. The van der Waals surface area contributed by atoms with Crippen molar-refractivity contribution in [3.63, 3.8) is 0 Å². The van der Waals surface area contributed by atoms with Crippen molar-refractivity contribution in [2.24, 2.45) is 0 Å². The molecule has 2 atom stereocenters. The number of aliphatic hydroxyl groups excluding tert-OH is 1. The van der Waals surface area contributed by atoms with Gasteiger partial charge in [0.05, 0.1) is 12.1 Å². The quantitative estimate of drug-likeness (QED) is 0.484. The van der Waals surface area contributed by atoms with E-state index in [1.54, 1.807) is 0 Å². The fourth-order valence-electron chi connectivity index (χ4n) is 2.33. The summed E-state index contributed by atoms with van der Waals surface area (Å²) in [5.41, 5.74) is -0.821. The van der Waals surface area contributed by atoms with Crippen LogP contribution in [0.2, 0.25) is 0 Å². The van der Waals surface area contributed by atoms with E-state index in [-0.39, 0.29) is 13.1 Å². The molecule has 0 radical (unpaired) electrons. The number of aromatic amines is 1. The number of β-amino-alcohol motifs (C(OH)–C–C–N with tert-alkyl or cyclic N) is 1. The standard InChI is InChI=1S/C10H16N3O6P/c1-6-2-13(10(16)11-9(6)15)7-3-12(4-8(7)14)5-20(17,18)19/h2,7-8,14H,3-5H2,1H3,(H,11,15,16)(H2,17,18,19)/t7-,8+/m1/s1. The van der Waals surface area contributed by atoms with Gasteiger partial charge < -0.3 is 14.9 Å². The third-order valence-corrected chi connectivity index (χ3v) is 3.99. The van der Waals surface area contributed by atoms with Crippen LogP contribution in [0.4, 0.5) is 0 Å². The molecule has 2 heterocycles. The fraction of sp³-hybridized carbons (Fsp3) is 0.600. The summed E-state index contributed by atoms with van der Waals surface area (Å²) in [4.78, 5) is 44.4. The van der Waals surface area contributed by atoms with Crippen LogP contribution in [0.15, 0.2) is 15.8 Å². The van der Waals surface area contributed by atoms with E-state index >= 15 is 0 Å². The molecule has 0 aromatic carbocycles. The first-order valence-electron chi connectivity index (χ1n) is 5.94. The lowest BCUT2D eigenvalue weighted by atomic mass is 10.2. The van der Waals surface area contributed by atoms with Crippen molar-refractivity contribution in [3.05, 3.63) is 32.6 Å². The zero-order valence-electron chi connectivity index (χ0n) is 10.8. The van der Waals surface area contributed by atoms with E-state index in [0.717, 1.165) is 0 Å². The highest BCUT2D eigenvalue weighted by molar-refractivity contribution is 7.51. The van der Waals surface area contributed by atoms with Crippen LogP contribution < -0.4 is 11.2 Å². The van der Waals surface area contributed by atoms with Gasteiger partial charge in [-0.05, 0) is 6.92 Å². The summed E-state index contributed by atoms with van der Waals surface area (Å²) < 4.78 is 12.2. The van der Waals surface area contributed by atoms with Gasteiger partial charge in [0.25, 0.3) is 5.56 Å². The highest BCUT2D eigenvalue weighted by Crippen LogP contribution is 2.37. The Balaban J connectivity index is 2.26. The van der Waals surface area contributed by atoms with Crippen molar-refractivity contribution in [1.82, 2.24) is 14.5 Å². The number of H-pyrrole nitrogens is 1. The van der Waals surface area contributed by atoms with Gasteiger partial charge in [-0.1, -0.05) is 0 Å². The Bertz CT molecular complexity index is 662. The largest absolute Gasteiger partial charge is 0.390 e. The second kappa shape index (κ2) is 5.27. The van der Waals surface area contributed by atoms with E-state index in [9.17, 15) is 19.3 Å². The minimum absolute atomic E-state index is 0.0559. The van der Waals surface area contributed by atoms with Gasteiger partial charge in [-0.25, -0.2) is 4.79 Å². The van der Waals surface area contributed by atoms with Gasteiger partial charge in [-0.15, -0.1) is 0 Å². The summed E-state index contributed by atoms with van der Waals surface area (Å²) in [5, 5.41) is 9.95. The average Bonchev–Trinajstić information content (AvgIpc) is 2.62. The molecule has 0 saturated carbocycles. The lowest BCUT2D eigenvalue weighted by Crippen LogP contribution is -2.37. The Hall–Kier alpha value is -1.25. The van der Waals surface area contributed by atoms with Gasteiger partial charge in [0, 0.05) is 24.8 Å². The molecule has 0 aliphatic carbocycles. The van der Waals surface area contributed by atoms with E-state index in [0.29, 0.717) is 5.56 Å². The molecule has 1 aliphatic heterocycles. The summed E-state index contributed by atoms with van der Waals surface area (Å²) in [6.07, 6.45) is -0.0715. The zero-order valence-corrected chi connectivity index (χ0v) is 11.7. The van der Waals surface area contributed by atoms with Crippen molar-refractivity contribution in [3.8, 4) is 0 Å². The van der Waals surface area contributed by atoms with Crippen molar-refractivity contribution in [1.29, 1.82) is 0 Å². The highest BCUT2D eigenvalue weighted by Gasteiger charge is 2.36. The summed E-state index contributed by atoms with van der Waals surface area (Å²) >= 11 is 0. The molecule has 112 valence electrons. The molecule has 20 heavy (non-hydrogen) atoms. The number of aliphatic hydroxyl groups is 1. The van der Waals surface area contributed by atoms with E-state index in [2.05, 4.69) is 4.98 Å². The third kappa shape index (κ3) is 3.25. The number of hydrogen-bond acceptors (Lipinski definition) is 5. The minimum Gasteiger partial charge on any atom is -0.390 e. The molecule has 9 nitrogen and oxygen atoms in total. The number of nitrogens with one attached hydrogen (secondary N) is 1. The van der Waals surface area contributed by atoms with Crippen molar-refractivity contribution in [2.75, 3.05) is 19.4 Å². The number of likely N-dealkylation sites (tertiary alicyclic amines) is 1. The molecule has 1 aliphatic rings. The second-order valence-corrected chi connectivity index (χ2v) is 6.57. The number of hydrogen-bond donors (Lipinski definition) is 4. The molecular formula is C10H16N3O6P. The Morgan fingerprint density at radius 3 is 2.65 bits per heavy atom. The summed E-state index contributed by atoms with van der Waals surface area (Å²) in [6, 6.07) is -0.649. The monoisotopic (exact) mass is 305 g/mol. The molecule has 0 amide bonds. The van der Waals surface area contributed by atoms with Crippen LogP contribution in [-0.2, 0) is 4.57 Å². The first kappa shape index (κ1) is 15.1. The highest BCUT2D eigenvalue weighted by atomic mass is 31.2. The van der Waals surface area contributed by atoms with E-state index in [1.807, 2.05) is 0 Å². The van der Waals surface area contributed by atoms with Crippen LogP contribution in [0.1, 0.15) is 11.6 Å². The molecule has 1 saturated heterocycles. The molecule has 4 N–H and O–H groups in total. The topological polar surface area (TPSA) is 136 Å². The van der Waals surface area contributed by atoms with Gasteiger partial charge in [0.15, 0.2) is 0 Å². The van der Waals surface area contributed by atoms with Crippen molar-refractivity contribution < 1.29 is 19.5 Å². The molecular weight excluding hydrogens is 289 g/mol. The van der Waals surface area contributed by atoms with Crippen LogP contribution >= 0.6 is 7.60 Å². The summed E-state index contributed by atoms with van der Waals surface area (Å²) in [7, 11) is -4.22. The van der Waals surface area contributed by atoms with Crippen LogP contribution in [0.5, 0.6) is 0 Å². The molecule has 1 aromatic rings. The van der Waals surface area contributed by atoms with Gasteiger partial charge in [0.1, 0.15) is 6.29 Å². The Morgan fingerprint density at radius 1 is 1.40 bits per heavy atom. The maximum Gasteiger partial charge on any atom is 0.339 e. The smallest absolute Gasteiger partial charge is 0.339 e. The predicted molar refractivity (Wildman–Crippen MR) is 69.6 cm³/mol. The predicted octanol–water partition coefficient (Wildman–Crippen LogP) is -1.80. The van der Waals surface area contributed by atoms with Crippen molar-refractivity contribution in [2.45, 2.75) is 19.1 Å².